The number of carbonyl (C=O) groups excluding carboxylic acids is 2. The van der Waals surface area contributed by atoms with Crippen molar-refractivity contribution in [3.63, 3.8) is 0 Å². The normalized spacial score (nSPS) is 17.7. The molecule has 0 bridgehead atoms. The maximum absolute atomic E-state index is 13.0. The summed E-state index contributed by atoms with van der Waals surface area (Å²) in [7, 11) is 5.90. The fourth-order valence-corrected chi connectivity index (χ4v) is 5.17. The van der Waals surface area contributed by atoms with E-state index in [-0.39, 0.29) is 5.57 Å². The highest BCUT2D eigenvalue weighted by Crippen LogP contribution is 2.38. The van der Waals surface area contributed by atoms with Crippen LogP contribution in [0.4, 0.5) is 5.95 Å². The van der Waals surface area contributed by atoms with E-state index >= 15 is 0 Å². The number of amides is 2. The Hall–Kier alpha value is -3.50. The second kappa shape index (κ2) is 7.28. The number of hydrogen-bond donors (Lipinski definition) is 2. The van der Waals surface area contributed by atoms with Crippen LogP contribution < -0.4 is 10.2 Å². The van der Waals surface area contributed by atoms with Crippen LogP contribution in [0.2, 0.25) is 0 Å². The van der Waals surface area contributed by atoms with Gasteiger partial charge in [-0.25, -0.2) is 9.97 Å². The van der Waals surface area contributed by atoms with Crippen molar-refractivity contribution in [3.05, 3.63) is 53.2 Å². The molecule has 2 N–H and O–H groups in total. The van der Waals surface area contributed by atoms with Crippen LogP contribution in [0.5, 0.6) is 0 Å². The van der Waals surface area contributed by atoms with Crippen molar-refractivity contribution >= 4 is 69.3 Å². The molecule has 8 nitrogen and oxygen atoms in total. The fourth-order valence-electron chi connectivity index (χ4n) is 4.29. The predicted molar refractivity (Wildman–Crippen MR) is 125 cm³/mol. The first-order valence-corrected chi connectivity index (χ1v) is 11.1. The summed E-state index contributed by atoms with van der Waals surface area (Å²) < 4.78 is 0.931. The van der Waals surface area contributed by atoms with Crippen LogP contribution in [0.25, 0.3) is 32.3 Å². The van der Waals surface area contributed by atoms with Crippen LogP contribution >= 0.6 is 11.3 Å². The Labute approximate surface area is 188 Å². The first-order valence-electron chi connectivity index (χ1n) is 10.3. The first kappa shape index (κ1) is 19.2. The summed E-state index contributed by atoms with van der Waals surface area (Å²) in [5, 5.41) is 5.15. The van der Waals surface area contributed by atoms with E-state index in [0.717, 1.165) is 21.1 Å². The Morgan fingerprint density at radius 1 is 0.969 bits per heavy atom. The molecule has 0 spiro atoms. The van der Waals surface area contributed by atoms with Crippen LogP contribution in [-0.2, 0) is 9.59 Å². The number of fused-ring (bicyclic) bond motifs is 2. The van der Waals surface area contributed by atoms with Gasteiger partial charge in [0.1, 0.15) is 0 Å². The third kappa shape index (κ3) is 2.95. The lowest BCUT2D eigenvalue weighted by Crippen LogP contribution is -2.45. The molecular weight excluding hydrogens is 423 g/mol. The molecule has 2 aliphatic heterocycles. The van der Waals surface area contributed by atoms with Crippen molar-refractivity contribution in [1.29, 1.82) is 0 Å². The van der Waals surface area contributed by atoms with E-state index < -0.39 is 11.8 Å². The maximum Gasteiger partial charge on any atom is 0.261 e. The average molecular weight is 440 g/mol. The molecule has 10 heteroatoms. The molecule has 3 aromatic heterocycles. The highest BCUT2D eigenvalue weighted by atomic mass is 32.1. The zero-order valence-corrected chi connectivity index (χ0v) is 17.8. The molecule has 0 unspecified atom stereocenters. The van der Waals surface area contributed by atoms with Crippen molar-refractivity contribution < 1.29 is 9.59 Å². The van der Waals surface area contributed by atoms with Crippen molar-refractivity contribution in [1.82, 2.24) is 25.1 Å². The van der Waals surface area contributed by atoms with Crippen molar-refractivity contribution in [3.8, 4) is 0 Å². The number of H-pyrrole nitrogens is 1. The molecular formula is C22H17BN6O2S. The van der Waals surface area contributed by atoms with E-state index in [1.165, 1.54) is 11.3 Å². The van der Waals surface area contributed by atoms with Crippen molar-refractivity contribution in [2.75, 3.05) is 31.1 Å². The molecule has 4 aromatic rings. The maximum atomic E-state index is 13.0. The van der Waals surface area contributed by atoms with Gasteiger partial charge in [-0.1, -0.05) is 18.2 Å². The van der Waals surface area contributed by atoms with Gasteiger partial charge in [-0.15, -0.1) is 11.3 Å². The van der Waals surface area contributed by atoms with Gasteiger partial charge in [0, 0.05) is 43.3 Å². The Bertz CT molecular complexity index is 1430. The molecule has 32 heavy (non-hydrogen) atoms. The molecule has 0 saturated carbocycles. The largest absolute Gasteiger partial charge is 0.360 e. The summed E-state index contributed by atoms with van der Waals surface area (Å²) in [5.41, 5.74) is 3.43. The van der Waals surface area contributed by atoms with Gasteiger partial charge in [0.15, 0.2) is 7.98 Å². The van der Waals surface area contributed by atoms with Gasteiger partial charge in [0.25, 0.3) is 11.8 Å². The van der Waals surface area contributed by atoms with E-state index in [2.05, 4.69) is 15.2 Å². The van der Waals surface area contributed by atoms with E-state index in [1.54, 1.807) is 11.0 Å². The van der Waals surface area contributed by atoms with Gasteiger partial charge < -0.3 is 14.7 Å². The number of benzene rings is 1. The molecule has 2 amide bonds. The molecule has 1 aromatic carbocycles. The van der Waals surface area contributed by atoms with Gasteiger partial charge in [-0.2, -0.15) is 0 Å². The van der Waals surface area contributed by atoms with Crippen LogP contribution in [-0.4, -0.2) is 65.7 Å². The smallest absolute Gasteiger partial charge is 0.261 e. The second-order valence-electron chi connectivity index (χ2n) is 7.81. The Balaban J connectivity index is 1.60. The molecule has 6 rings (SSSR count). The van der Waals surface area contributed by atoms with E-state index in [4.69, 9.17) is 17.9 Å². The van der Waals surface area contributed by atoms with E-state index in [1.807, 2.05) is 35.7 Å². The molecule has 5 heterocycles. The third-order valence-corrected chi connectivity index (χ3v) is 6.86. The Kier molecular flexibility index (Phi) is 4.37. The predicted octanol–water partition coefficient (Wildman–Crippen LogP) is 1.95. The molecule has 2 aliphatic rings. The fraction of sp³-hybridized carbons (Fsp3) is 0.182. The third-order valence-electron chi connectivity index (χ3n) is 5.91. The summed E-state index contributed by atoms with van der Waals surface area (Å²) in [5.74, 6) is -0.334. The number of nitrogens with zero attached hydrogens (tertiary/aromatic N) is 4. The van der Waals surface area contributed by atoms with E-state index in [0.29, 0.717) is 49.0 Å². The number of nitrogens with one attached hydrogen (secondary N) is 2. The molecule has 1 fully saturated rings. The summed E-state index contributed by atoms with van der Waals surface area (Å²) in [6, 6.07) is 9.51. The minimum absolute atomic E-state index is 0.279. The number of para-hydroxylation sites is 1. The summed E-state index contributed by atoms with van der Waals surface area (Å²) in [6.07, 6.45) is 1.78. The van der Waals surface area contributed by atoms with Crippen molar-refractivity contribution in [2.24, 2.45) is 0 Å². The minimum Gasteiger partial charge on any atom is -0.360 e. The van der Waals surface area contributed by atoms with Crippen LogP contribution in [0.15, 0.2) is 41.9 Å². The van der Waals surface area contributed by atoms with Gasteiger partial charge in [0.05, 0.1) is 32.6 Å². The number of aromatic amines is 1. The Morgan fingerprint density at radius 3 is 2.59 bits per heavy atom. The zero-order chi connectivity index (χ0) is 21.8. The number of rotatable bonds is 3. The van der Waals surface area contributed by atoms with E-state index in [9.17, 15) is 9.59 Å². The average Bonchev–Trinajstić information content (AvgIpc) is 3.48. The molecule has 0 aliphatic carbocycles. The Morgan fingerprint density at radius 2 is 1.75 bits per heavy atom. The van der Waals surface area contributed by atoms with Gasteiger partial charge in [-0.05, 0) is 17.5 Å². The quantitative estimate of drug-likeness (QED) is 0.374. The molecule has 2 radical (unpaired) electrons. The number of hydrogen-bond acceptors (Lipinski definition) is 7. The summed E-state index contributed by atoms with van der Waals surface area (Å²) in [6.45, 7) is 2.74. The summed E-state index contributed by atoms with van der Waals surface area (Å²) >= 11 is 1.52. The lowest BCUT2D eigenvalue weighted by Gasteiger charge is -2.33. The lowest BCUT2D eigenvalue weighted by molar-refractivity contribution is -0.122. The molecule has 156 valence electrons. The van der Waals surface area contributed by atoms with Gasteiger partial charge >= 0.3 is 0 Å². The summed E-state index contributed by atoms with van der Waals surface area (Å²) in [4.78, 5) is 42.5. The highest BCUT2D eigenvalue weighted by Gasteiger charge is 2.36. The molecule has 0 atom stereocenters. The lowest BCUT2D eigenvalue weighted by atomic mass is 9.99. The zero-order valence-electron chi connectivity index (χ0n) is 17.0. The van der Waals surface area contributed by atoms with Crippen molar-refractivity contribution in [2.45, 2.75) is 0 Å². The monoisotopic (exact) mass is 440 g/mol. The number of thiophene rings is 1. The number of aromatic nitrogens is 3. The van der Waals surface area contributed by atoms with Gasteiger partial charge in [0.2, 0.25) is 5.95 Å². The highest BCUT2D eigenvalue weighted by molar-refractivity contribution is 7.17. The second-order valence-corrected chi connectivity index (χ2v) is 8.73. The first-order chi connectivity index (χ1) is 15.6. The standard InChI is InChI=1S/C22H17BN6O2S/c23-29-8-6-28(7-9-29)22-25-14-4-2-1-3-12(14)18(26-22)17-16(20(30)27-21(17)31)13-11-24-15-5-10-32-19(13)15/h1-5,10-11,24H,6-9H2,(H,27,30,31). The van der Waals surface area contributed by atoms with Gasteiger partial charge in [-0.3, -0.25) is 14.9 Å². The van der Waals surface area contributed by atoms with Crippen LogP contribution in [0, 0.1) is 0 Å². The topological polar surface area (TPSA) is 94.2 Å². The number of imide groups is 1. The number of carbonyl (C=O) groups is 2. The number of anilines is 1. The minimum atomic E-state index is -0.447. The van der Waals surface area contributed by atoms with Crippen LogP contribution in [0.3, 0.4) is 0 Å². The molecule has 1 saturated heterocycles. The SMILES string of the molecule is [B]N1CCN(c2nc(C3=C(c4c[nH]c5ccsc45)C(=O)NC3=O)c3ccccc3n2)CC1. The van der Waals surface area contributed by atoms with Crippen LogP contribution in [0.1, 0.15) is 11.3 Å². The number of piperazine rings is 1.